The van der Waals surface area contributed by atoms with Crippen molar-refractivity contribution in [2.75, 3.05) is 19.8 Å². The van der Waals surface area contributed by atoms with E-state index in [0.717, 1.165) is 12.1 Å². The maximum absolute atomic E-state index is 12.6. The summed E-state index contributed by atoms with van der Waals surface area (Å²) in [6.45, 7) is 0.736. The van der Waals surface area contributed by atoms with Crippen LogP contribution < -0.4 is 5.32 Å². The number of carboxylic acids is 1. The van der Waals surface area contributed by atoms with Crippen LogP contribution in [0.25, 0.3) is 0 Å². The van der Waals surface area contributed by atoms with Gasteiger partial charge >= 0.3 is 12.1 Å². The zero-order valence-electron chi connectivity index (χ0n) is 14.0. The van der Waals surface area contributed by atoms with Gasteiger partial charge < -0.3 is 15.2 Å². The third-order valence-electron chi connectivity index (χ3n) is 5.30. The summed E-state index contributed by atoms with van der Waals surface area (Å²) in [5, 5.41) is 12.2. The minimum atomic E-state index is -4.38. The zero-order chi connectivity index (χ0) is 18.9. The molecule has 2 atom stereocenters. The predicted octanol–water partition coefficient (Wildman–Crippen LogP) is 2.81. The highest BCUT2D eigenvalue weighted by molar-refractivity contribution is 5.84. The Morgan fingerprint density at radius 3 is 2.35 bits per heavy atom. The molecule has 3 rings (SSSR count). The maximum atomic E-state index is 12.6. The first-order valence-corrected chi connectivity index (χ1v) is 8.49. The number of rotatable bonds is 5. The summed E-state index contributed by atoms with van der Waals surface area (Å²) in [5.74, 6) is -1.64. The Morgan fingerprint density at radius 1 is 1.19 bits per heavy atom. The lowest BCUT2D eigenvalue weighted by atomic mass is 9.80. The lowest BCUT2D eigenvalue weighted by molar-refractivity contribution is -0.154. The van der Waals surface area contributed by atoms with Gasteiger partial charge in [0.1, 0.15) is 0 Å². The van der Waals surface area contributed by atoms with Crippen LogP contribution >= 0.6 is 0 Å². The number of carboxylic acid groups (broad SMARTS) is 1. The van der Waals surface area contributed by atoms with E-state index in [0.29, 0.717) is 38.0 Å². The summed E-state index contributed by atoms with van der Waals surface area (Å²) >= 11 is 0. The van der Waals surface area contributed by atoms with Crippen LogP contribution in [-0.2, 0) is 20.5 Å². The number of benzene rings is 1. The molecule has 1 saturated carbocycles. The third-order valence-corrected chi connectivity index (χ3v) is 5.30. The average molecular weight is 371 g/mol. The van der Waals surface area contributed by atoms with Gasteiger partial charge in [0.25, 0.3) is 0 Å². The SMILES string of the molecule is O=C(NCC1(C(=O)O)CCOCC1)C1CC1c1ccc(C(F)(F)F)cc1. The van der Waals surface area contributed by atoms with Gasteiger partial charge in [-0.05, 0) is 42.9 Å². The molecule has 0 aromatic heterocycles. The number of hydrogen-bond acceptors (Lipinski definition) is 3. The Hall–Kier alpha value is -2.09. The highest BCUT2D eigenvalue weighted by atomic mass is 19.4. The van der Waals surface area contributed by atoms with Gasteiger partial charge in [0.15, 0.2) is 0 Å². The second kappa shape index (κ2) is 6.90. The number of carbonyl (C=O) groups excluding carboxylic acids is 1. The summed E-state index contributed by atoms with van der Waals surface area (Å²) < 4.78 is 43.0. The number of nitrogens with one attached hydrogen (secondary N) is 1. The van der Waals surface area contributed by atoms with Crippen LogP contribution in [0.2, 0.25) is 0 Å². The smallest absolute Gasteiger partial charge is 0.416 e. The first-order chi connectivity index (χ1) is 12.2. The number of hydrogen-bond donors (Lipinski definition) is 2. The summed E-state index contributed by atoms with van der Waals surface area (Å²) in [5.41, 5.74) is -1.03. The van der Waals surface area contributed by atoms with E-state index in [1.807, 2.05) is 0 Å². The van der Waals surface area contributed by atoms with Crippen molar-refractivity contribution in [2.45, 2.75) is 31.4 Å². The Balaban J connectivity index is 1.56. The molecule has 26 heavy (non-hydrogen) atoms. The Labute approximate surface area is 148 Å². The molecule has 0 spiro atoms. The van der Waals surface area contributed by atoms with Crippen molar-refractivity contribution in [3.63, 3.8) is 0 Å². The molecular formula is C18H20F3NO4. The van der Waals surface area contributed by atoms with Gasteiger partial charge in [-0.1, -0.05) is 12.1 Å². The van der Waals surface area contributed by atoms with E-state index in [4.69, 9.17) is 4.74 Å². The second-order valence-electron chi connectivity index (χ2n) is 6.98. The lowest BCUT2D eigenvalue weighted by Gasteiger charge is -2.33. The van der Waals surface area contributed by atoms with E-state index in [1.54, 1.807) is 0 Å². The highest BCUT2D eigenvalue weighted by Crippen LogP contribution is 2.48. The van der Waals surface area contributed by atoms with E-state index < -0.39 is 23.1 Å². The first-order valence-electron chi connectivity index (χ1n) is 8.49. The van der Waals surface area contributed by atoms with E-state index in [9.17, 15) is 27.9 Å². The molecule has 2 fully saturated rings. The molecule has 0 radical (unpaired) electrons. The van der Waals surface area contributed by atoms with Crippen molar-refractivity contribution in [1.82, 2.24) is 5.32 Å². The van der Waals surface area contributed by atoms with Crippen molar-refractivity contribution < 1.29 is 32.6 Å². The van der Waals surface area contributed by atoms with Crippen LogP contribution in [0.4, 0.5) is 13.2 Å². The van der Waals surface area contributed by atoms with Crippen molar-refractivity contribution in [1.29, 1.82) is 0 Å². The van der Waals surface area contributed by atoms with Crippen LogP contribution in [0.3, 0.4) is 0 Å². The number of alkyl halides is 3. The molecule has 1 aromatic carbocycles. The predicted molar refractivity (Wildman–Crippen MR) is 85.4 cm³/mol. The first kappa shape index (κ1) is 18.7. The van der Waals surface area contributed by atoms with Crippen LogP contribution in [0.5, 0.6) is 0 Å². The van der Waals surface area contributed by atoms with Gasteiger partial charge in [0.2, 0.25) is 5.91 Å². The summed E-state index contributed by atoms with van der Waals surface area (Å²) in [6.07, 6.45) is -3.14. The normalized spacial score (nSPS) is 24.7. The molecule has 1 saturated heterocycles. The molecule has 2 unspecified atom stereocenters. The van der Waals surface area contributed by atoms with Gasteiger partial charge in [0, 0.05) is 25.7 Å². The van der Waals surface area contributed by atoms with Gasteiger partial charge in [0.05, 0.1) is 11.0 Å². The number of aliphatic carboxylic acids is 1. The Morgan fingerprint density at radius 2 is 1.81 bits per heavy atom. The third kappa shape index (κ3) is 3.85. The topological polar surface area (TPSA) is 75.6 Å². The minimum Gasteiger partial charge on any atom is -0.481 e. The number of amides is 1. The zero-order valence-corrected chi connectivity index (χ0v) is 14.0. The van der Waals surface area contributed by atoms with E-state index in [2.05, 4.69) is 5.32 Å². The molecule has 1 aliphatic heterocycles. The van der Waals surface area contributed by atoms with Gasteiger partial charge in [-0.25, -0.2) is 0 Å². The summed E-state index contributed by atoms with van der Waals surface area (Å²) in [4.78, 5) is 23.9. The minimum absolute atomic E-state index is 0.0424. The fourth-order valence-corrected chi connectivity index (χ4v) is 3.39. The highest BCUT2D eigenvalue weighted by Gasteiger charge is 2.46. The Kier molecular flexibility index (Phi) is 4.96. The fraction of sp³-hybridized carbons (Fsp3) is 0.556. The molecule has 142 valence electrons. The van der Waals surface area contributed by atoms with Crippen molar-refractivity contribution in [3.05, 3.63) is 35.4 Å². The quantitative estimate of drug-likeness (QED) is 0.835. The van der Waals surface area contributed by atoms with Gasteiger partial charge in [-0.15, -0.1) is 0 Å². The van der Waals surface area contributed by atoms with Crippen molar-refractivity contribution in [3.8, 4) is 0 Å². The molecule has 1 heterocycles. The molecule has 1 aliphatic carbocycles. The lowest BCUT2D eigenvalue weighted by Crippen LogP contribution is -2.46. The van der Waals surface area contributed by atoms with Crippen LogP contribution in [0.15, 0.2) is 24.3 Å². The van der Waals surface area contributed by atoms with Crippen LogP contribution in [-0.4, -0.2) is 36.7 Å². The largest absolute Gasteiger partial charge is 0.481 e. The summed E-state index contributed by atoms with van der Waals surface area (Å²) in [6, 6.07) is 4.84. The van der Waals surface area contributed by atoms with Crippen molar-refractivity contribution in [2.24, 2.45) is 11.3 Å². The summed E-state index contributed by atoms with van der Waals surface area (Å²) in [7, 11) is 0. The molecule has 8 heteroatoms. The molecule has 2 aliphatic rings. The molecule has 1 amide bonds. The maximum Gasteiger partial charge on any atom is 0.416 e. The number of ether oxygens (including phenoxy) is 1. The average Bonchev–Trinajstić information content (AvgIpc) is 3.40. The number of halogens is 3. The number of carbonyl (C=O) groups is 2. The molecular weight excluding hydrogens is 351 g/mol. The fourth-order valence-electron chi connectivity index (χ4n) is 3.39. The molecule has 2 N–H and O–H groups in total. The Bertz CT molecular complexity index is 681. The van der Waals surface area contributed by atoms with Crippen LogP contribution in [0, 0.1) is 11.3 Å². The van der Waals surface area contributed by atoms with Gasteiger partial charge in [-0.3, -0.25) is 9.59 Å². The molecule has 1 aromatic rings. The van der Waals surface area contributed by atoms with Gasteiger partial charge in [-0.2, -0.15) is 13.2 Å². The second-order valence-corrected chi connectivity index (χ2v) is 6.98. The molecule has 5 nitrogen and oxygen atoms in total. The van der Waals surface area contributed by atoms with Crippen LogP contribution in [0.1, 0.15) is 36.3 Å². The van der Waals surface area contributed by atoms with E-state index in [-0.39, 0.29) is 24.3 Å². The van der Waals surface area contributed by atoms with Crippen molar-refractivity contribution >= 4 is 11.9 Å². The van der Waals surface area contributed by atoms with E-state index >= 15 is 0 Å². The monoisotopic (exact) mass is 371 g/mol. The molecule has 0 bridgehead atoms. The van der Waals surface area contributed by atoms with E-state index in [1.165, 1.54) is 12.1 Å². The standard InChI is InChI=1S/C18H20F3NO4/c19-18(20,21)12-3-1-11(2-4-12)13-9-14(13)15(23)22-10-17(16(24)25)5-7-26-8-6-17/h1-4,13-14H,5-10H2,(H,22,23)(H,24,25).